The van der Waals surface area contributed by atoms with Crippen LogP contribution < -0.4 is 4.74 Å². The summed E-state index contributed by atoms with van der Waals surface area (Å²) in [5.74, 6) is 1.31. The summed E-state index contributed by atoms with van der Waals surface area (Å²) in [5.41, 5.74) is 0. The number of hydrogen-bond donors (Lipinski definition) is 0. The molecule has 0 radical (unpaired) electrons. The van der Waals surface area contributed by atoms with E-state index >= 15 is 0 Å². The van der Waals surface area contributed by atoms with Crippen LogP contribution in [0.15, 0.2) is 24.3 Å². The number of hydrogen-bond acceptors (Lipinski definition) is 1. The second kappa shape index (κ2) is 5.07. The molecule has 0 aliphatic rings. The molecule has 0 aromatic heterocycles. The van der Waals surface area contributed by atoms with E-state index < -0.39 is 0 Å². The van der Waals surface area contributed by atoms with E-state index in [0.717, 1.165) is 0 Å². The molecule has 0 amide bonds. The van der Waals surface area contributed by atoms with Crippen molar-refractivity contribution in [3.63, 3.8) is 0 Å². The van der Waals surface area contributed by atoms with Gasteiger partial charge in [0.15, 0.2) is 0 Å². The molecule has 0 saturated heterocycles. The standard InChI is InChI=1S/C10H12ClFO/c1-8(6-11)7-13-10-4-2-9(12)3-5-10/h2-5,8H,6-7H2,1H3/t8-/m0/s1. The summed E-state index contributed by atoms with van der Waals surface area (Å²) in [7, 11) is 0. The van der Waals surface area contributed by atoms with Crippen molar-refractivity contribution in [2.75, 3.05) is 12.5 Å². The van der Waals surface area contributed by atoms with E-state index in [-0.39, 0.29) is 5.82 Å². The van der Waals surface area contributed by atoms with Gasteiger partial charge in [0.2, 0.25) is 0 Å². The molecule has 1 nitrogen and oxygen atoms in total. The summed E-state index contributed by atoms with van der Waals surface area (Å²) < 4.78 is 17.8. The molecule has 1 aromatic carbocycles. The molecule has 0 bridgehead atoms. The Labute approximate surface area is 82.5 Å². The van der Waals surface area contributed by atoms with E-state index in [1.54, 1.807) is 12.1 Å². The van der Waals surface area contributed by atoms with Gasteiger partial charge in [0.25, 0.3) is 0 Å². The van der Waals surface area contributed by atoms with E-state index in [9.17, 15) is 4.39 Å². The van der Waals surface area contributed by atoms with Gasteiger partial charge in [0.1, 0.15) is 11.6 Å². The zero-order valence-electron chi connectivity index (χ0n) is 7.47. The molecule has 0 heterocycles. The van der Waals surface area contributed by atoms with Crippen molar-refractivity contribution in [1.82, 2.24) is 0 Å². The second-order valence-electron chi connectivity index (χ2n) is 3.02. The highest BCUT2D eigenvalue weighted by molar-refractivity contribution is 6.18. The lowest BCUT2D eigenvalue weighted by molar-refractivity contribution is 0.272. The van der Waals surface area contributed by atoms with Crippen molar-refractivity contribution in [1.29, 1.82) is 0 Å². The lowest BCUT2D eigenvalue weighted by atomic mass is 10.2. The topological polar surface area (TPSA) is 9.23 Å². The number of halogens is 2. The molecule has 1 aromatic rings. The maximum absolute atomic E-state index is 12.5. The molecule has 0 saturated carbocycles. The zero-order valence-corrected chi connectivity index (χ0v) is 8.22. The SMILES string of the molecule is C[C@@H](CCl)COc1ccc(F)cc1. The van der Waals surface area contributed by atoms with Crippen LogP contribution in [-0.2, 0) is 0 Å². The fourth-order valence-electron chi connectivity index (χ4n) is 0.814. The Balaban J connectivity index is 2.41. The van der Waals surface area contributed by atoms with E-state index in [1.165, 1.54) is 12.1 Å². The van der Waals surface area contributed by atoms with Crippen LogP contribution in [0.25, 0.3) is 0 Å². The maximum atomic E-state index is 12.5. The van der Waals surface area contributed by atoms with Crippen molar-refractivity contribution >= 4 is 11.6 Å². The molecule has 72 valence electrons. The fourth-order valence-corrected chi connectivity index (χ4v) is 0.903. The highest BCUT2D eigenvalue weighted by Crippen LogP contribution is 2.12. The predicted octanol–water partition coefficient (Wildman–Crippen LogP) is 3.08. The summed E-state index contributed by atoms with van der Waals surface area (Å²) >= 11 is 5.60. The number of alkyl halides is 1. The van der Waals surface area contributed by atoms with Crippen molar-refractivity contribution in [2.45, 2.75) is 6.92 Å². The van der Waals surface area contributed by atoms with Crippen LogP contribution in [0.5, 0.6) is 5.75 Å². The Morgan fingerprint density at radius 2 is 2.00 bits per heavy atom. The first-order valence-corrected chi connectivity index (χ1v) is 4.70. The third-order valence-electron chi connectivity index (χ3n) is 1.61. The molecule has 0 unspecified atom stereocenters. The van der Waals surface area contributed by atoms with Crippen LogP contribution in [0, 0.1) is 11.7 Å². The molecular weight excluding hydrogens is 191 g/mol. The predicted molar refractivity (Wildman–Crippen MR) is 51.8 cm³/mol. The lowest BCUT2D eigenvalue weighted by Crippen LogP contribution is -2.09. The molecule has 13 heavy (non-hydrogen) atoms. The monoisotopic (exact) mass is 202 g/mol. The Morgan fingerprint density at radius 1 is 1.38 bits per heavy atom. The molecule has 1 rings (SSSR count). The first-order valence-electron chi connectivity index (χ1n) is 4.16. The van der Waals surface area contributed by atoms with Gasteiger partial charge < -0.3 is 4.74 Å². The normalized spacial score (nSPS) is 12.5. The van der Waals surface area contributed by atoms with E-state index in [0.29, 0.717) is 24.2 Å². The molecular formula is C10H12ClFO. The van der Waals surface area contributed by atoms with Crippen LogP contribution in [0.1, 0.15) is 6.92 Å². The van der Waals surface area contributed by atoms with Crippen molar-refractivity contribution in [3.05, 3.63) is 30.1 Å². The van der Waals surface area contributed by atoms with Gasteiger partial charge in [-0.2, -0.15) is 0 Å². The average molecular weight is 203 g/mol. The quantitative estimate of drug-likeness (QED) is 0.682. The smallest absolute Gasteiger partial charge is 0.123 e. The minimum atomic E-state index is -0.252. The van der Waals surface area contributed by atoms with Gasteiger partial charge in [-0.25, -0.2) is 4.39 Å². The zero-order chi connectivity index (χ0) is 9.68. The molecule has 0 aliphatic carbocycles. The van der Waals surface area contributed by atoms with Crippen LogP contribution in [-0.4, -0.2) is 12.5 Å². The largest absolute Gasteiger partial charge is 0.493 e. The molecule has 0 spiro atoms. The number of rotatable bonds is 4. The third-order valence-corrected chi connectivity index (χ3v) is 2.14. The van der Waals surface area contributed by atoms with Gasteiger partial charge >= 0.3 is 0 Å². The lowest BCUT2D eigenvalue weighted by Gasteiger charge is -2.09. The van der Waals surface area contributed by atoms with Gasteiger partial charge in [0.05, 0.1) is 6.61 Å². The number of benzene rings is 1. The first kappa shape index (κ1) is 10.3. The first-order chi connectivity index (χ1) is 6.22. The highest BCUT2D eigenvalue weighted by atomic mass is 35.5. The van der Waals surface area contributed by atoms with Gasteiger partial charge in [-0.1, -0.05) is 6.92 Å². The van der Waals surface area contributed by atoms with Gasteiger partial charge in [-0.3, -0.25) is 0 Å². The third kappa shape index (κ3) is 3.64. The Morgan fingerprint density at radius 3 is 2.54 bits per heavy atom. The summed E-state index contributed by atoms with van der Waals surface area (Å²) in [6.07, 6.45) is 0. The Hall–Kier alpha value is -0.760. The van der Waals surface area contributed by atoms with Gasteiger partial charge in [-0.05, 0) is 24.3 Å². The van der Waals surface area contributed by atoms with Crippen LogP contribution in [0.4, 0.5) is 4.39 Å². The summed E-state index contributed by atoms with van der Waals surface area (Å²) in [6.45, 7) is 2.56. The number of ether oxygens (including phenoxy) is 1. The van der Waals surface area contributed by atoms with Crippen molar-refractivity contribution < 1.29 is 9.13 Å². The summed E-state index contributed by atoms with van der Waals surface area (Å²) in [4.78, 5) is 0. The maximum Gasteiger partial charge on any atom is 0.123 e. The Bertz CT molecular complexity index is 248. The minimum absolute atomic E-state index is 0.252. The molecule has 0 aliphatic heterocycles. The fraction of sp³-hybridized carbons (Fsp3) is 0.400. The molecule has 0 N–H and O–H groups in total. The van der Waals surface area contributed by atoms with Gasteiger partial charge in [0, 0.05) is 11.8 Å². The van der Waals surface area contributed by atoms with Gasteiger partial charge in [-0.15, -0.1) is 11.6 Å². The van der Waals surface area contributed by atoms with Crippen molar-refractivity contribution in [3.8, 4) is 5.75 Å². The highest BCUT2D eigenvalue weighted by Gasteiger charge is 2.00. The van der Waals surface area contributed by atoms with Crippen molar-refractivity contribution in [2.24, 2.45) is 5.92 Å². The van der Waals surface area contributed by atoms with Crippen LogP contribution in [0.2, 0.25) is 0 Å². The summed E-state index contributed by atoms with van der Waals surface area (Å²) in [5, 5.41) is 0. The Kier molecular flexibility index (Phi) is 4.03. The minimum Gasteiger partial charge on any atom is -0.493 e. The van der Waals surface area contributed by atoms with Crippen LogP contribution in [0.3, 0.4) is 0 Å². The van der Waals surface area contributed by atoms with Crippen LogP contribution >= 0.6 is 11.6 Å². The average Bonchev–Trinajstić information content (AvgIpc) is 2.16. The molecule has 0 fully saturated rings. The van der Waals surface area contributed by atoms with E-state index in [1.807, 2.05) is 6.92 Å². The van der Waals surface area contributed by atoms with E-state index in [2.05, 4.69) is 0 Å². The molecule has 3 heteroatoms. The second-order valence-corrected chi connectivity index (χ2v) is 3.33. The molecule has 1 atom stereocenters. The summed E-state index contributed by atoms with van der Waals surface area (Å²) in [6, 6.07) is 5.97. The van der Waals surface area contributed by atoms with E-state index in [4.69, 9.17) is 16.3 Å².